The van der Waals surface area contributed by atoms with Crippen molar-refractivity contribution in [1.29, 1.82) is 0 Å². The van der Waals surface area contributed by atoms with Crippen molar-refractivity contribution in [2.24, 2.45) is 11.8 Å². The molecule has 1 unspecified atom stereocenters. The van der Waals surface area contributed by atoms with Crippen LogP contribution < -0.4 is 10.6 Å². The molecule has 6 nitrogen and oxygen atoms in total. The van der Waals surface area contributed by atoms with E-state index in [1.165, 1.54) is 0 Å². The zero-order valence-corrected chi connectivity index (χ0v) is 15.5. The van der Waals surface area contributed by atoms with E-state index in [-0.39, 0.29) is 30.2 Å². The first-order valence-electron chi connectivity index (χ1n) is 9.71. The Bertz CT molecular complexity index is 492. The Morgan fingerprint density at radius 3 is 2.24 bits per heavy atom. The molecule has 2 fully saturated rings. The summed E-state index contributed by atoms with van der Waals surface area (Å²) in [5.41, 5.74) is -1.14. The van der Waals surface area contributed by atoms with Gasteiger partial charge < -0.3 is 15.7 Å². The van der Waals surface area contributed by atoms with Crippen molar-refractivity contribution in [3.8, 4) is 0 Å². The van der Waals surface area contributed by atoms with Crippen LogP contribution in [0.5, 0.6) is 0 Å². The molecule has 2 rings (SSSR count). The minimum Gasteiger partial charge on any atom is -0.480 e. The lowest BCUT2D eigenvalue weighted by atomic mass is 9.75. The molecule has 0 aromatic carbocycles. The van der Waals surface area contributed by atoms with Gasteiger partial charge in [0.25, 0.3) is 0 Å². The number of carbonyl (C=O) groups is 3. The molecule has 2 saturated carbocycles. The molecule has 142 valence electrons. The Labute approximate surface area is 150 Å². The molecule has 2 aliphatic carbocycles. The van der Waals surface area contributed by atoms with Crippen molar-refractivity contribution < 1.29 is 19.5 Å². The Kier molecular flexibility index (Phi) is 6.85. The van der Waals surface area contributed by atoms with Crippen molar-refractivity contribution in [3.63, 3.8) is 0 Å². The molecule has 0 aromatic rings. The van der Waals surface area contributed by atoms with Crippen molar-refractivity contribution in [2.75, 3.05) is 0 Å². The molecule has 0 aliphatic heterocycles. The maximum absolute atomic E-state index is 12.4. The second-order valence-electron chi connectivity index (χ2n) is 7.88. The van der Waals surface area contributed by atoms with E-state index in [4.69, 9.17) is 0 Å². The normalized spacial score (nSPS) is 28.3. The first-order valence-corrected chi connectivity index (χ1v) is 9.71. The maximum Gasteiger partial charge on any atom is 0.329 e. The van der Waals surface area contributed by atoms with Crippen LogP contribution in [0.25, 0.3) is 0 Å². The molecule has 0 heterocycles. The SMILES string of the molecule is CCC1CCC(NC(=O)CC(C)NC(=O)C2CCCC2)(C(=O)O)CC1. The zero-order valence-electron chi connectivity index (χ0n) is 15.5. The molecule has 0 aromatic heterocycles. The summed E-state index contributed by atoms with van der Waals surface area (Å²) in [7, 11) is 0. The lowest BCUT2D eigenvalue weighted by molar-refractivity contribution is -0.150. The van der Waals surface area contributed by atoms with Crippen LogP contribution in [-0.2, 0) is 14.4 Å². The minimum atomic E-state index is -1.14. The van der Waals surface area contributed by atoms with Crippen LogP contribution in [0.4, 0.5) is 0 Å². The van der Waals surface area contributed by atoms with Gasteiger partial charge in [0.05, 0.1) is 0 Å². The van der Waals surface area contributed by atoms with Crippen LogP contribution in [0.3, 0.4) is 0 Å². The van der Waals surface area contributed by atoms with Gasteiger partial charge >= 0.3 is 5.97 Å². The number of carbonyl (C=O) groups excluding carboxylic acids is 2. The van der Waals surface area contributed by atoms with E-state index in [0.29, 0.717) is 18.8 Å². The average molecular weight is 352 g/mol. The molecule has 2 aliphatic rings. The molecule has 0 spiro atoms. The summed E-state index contributed by atoms with van der Waals surface area (Å²) < 4.78 is 0. The fourth-order valence-electron chi connectivity index (χ4n) is 4.17. The second kappa shape index (κ2) is 8.68. The van der Waals surface area contributed by atoms with Gasteiger partial charge in [-0.05, 0) is 51.4 Å². The summed E-state index contributed by atoms with van der Waals surface area (Å²) in [6, 6.07) is -0.286. The van der Waals surface area contributed by atoms with Crippen LogP contribution in [0.2, 0.25) is 0 Å². The largest absolute Gasteiger partial charge is 0.480 e. The Hall–Kier alpha value is -1.59. The summed E-state index contributed by atoms with van der Waals surface area (Å²) in [5, 5.41) is 15.3. The van der Waals surface area contributed by atoms with E-state index in [9.17, 15) is 19.5 Å². The highest BCUT2D eigenvalue weighted by molar-refractivity contribution is 5.87. The summed E-state index contributed by atoms with van der Waals surface area (Å²) in [6.07, 6.45) is 7.81. The van der Waals surface area contributed by atoms with Gasteiger partial charge in [0.15, 0.2) is 0 Å². The van der Waals surface area contributed by atoms with Crippen molar-refractivity contribution >= 4 is 17.8 Å². The summed E-state index contributed by atoms with van der Waals surface area (Å²) in [6.45, 7) is 3.92. The van der Waals surface area contributed by atoms with E-state index >= 15 is 0 Å². The van der Waals surface area contributed by atoms with Crippen molar-refractivity contribution in [1.82, 2.24) is 10.6 Å². The number of carboxylic acids is 1. The second-order valence-corrected chi connectivity index (χ2v) is 7.88. The predicted octanol–water partition coefficient (Wildman–Crippen LogP) is 2.61. The fraction of sp³-hybridized carbons (Fsp3) is 0.842. The van der Waals surface area contributed by atoms with Crippen LogP contribution in [0.15, 0.2) is 0 Å². The molecule has 1 atom stereocenters. The van der Waals surface area contributed by atoms with Gasteiger partial charge in [-0.3, -0.25) is 9.59 Å². The number of rotatable bonds is 7. The molecule has 0 radical (unpaired) electrons. The van der Waals surface area contributed by atoms with Crippen LogP contribution in [0, 0.1) is 11.8 Å². The number of aliphatic carboxylic acids is 1. The quantitative estimate of drug-likeness (QED) is 0.656. The van der Waals surface area contributed by atoms with E-state index in [1.807, 2.05) is 0 Å². The Balaban J connectivity index is 1.84. The number of hydrogen-bond acceptors (Lipinski definition) is 3. The topological polar surface area (TPSA) is 95.5 Å². The molecule has 0 saturated heterocycles. The van der Waals surface area contributed by atoms with Crippen LogP contribution in [-0.4, -0.2) is 34.5 Å². The van der Waals surface area contributed by atoms with Crippen LogP contribution >= 0.6 is 0 Å². The van der Waals surface area contributed by atoms with Gasteiger partial charge in [-0.1, -0.05) is 26.2 Å². The fourth-order valence-corrected chi connectivity index (χ4v) is 4.17. The van der Waals surface area contributed by atoms with Gasteiger partial charge in [0.1, 0.15) is 5.54 Å². The van der Waals surface area contributed by atoms with E-state index < -0.39 is 11.5 Å². The highest BCUT2D eigenvalue weighted by Crippen LogP contribution is 2.34. The highest BCUT2D eigenvalue weighted by atomic mass is 16.4. The lowest BCUT2D eigenvalue weighted by Crippen LogP contribution is -2.57. The third-order valence-corrected chi connectivity index (χ3v) is 5.93. The summed E-state index contributed by atoms with van der Waals surface area (Å²) >= 11 is 0. The van der Waals surface area contributed by atoms with Gasteiger partial charge in [0.2, 0.25) is 11.8 Å². The van der Waals surface area contributed by atoms with Crippen molar-refractivity contribution in [2.45, 2.75) is 89.6 Å². The molecule has 25 heavy (non-hydrogen) atoms. The highest BCUT2D eigenvalue weighted by Gasteiger charge is 2.43. The Morgan fingerprint density at radius 1 is 1.12 bits per heavy atom. The number of nitrogens with one attached hydrogen (secondary N) is 2. The predicted molar refractivity (Wildman–Crippen MR) is 94.9 cm³/mol. The molecule has 2 amide bonds. The molecule has 6 heteroatoms. The molecule has 3 N–H and O–H groups in total. The van der Waals surface area contributed by atoms with Crippen molar-refractivity contribution in [3.05, 3.63) is 0 Å². The summed E-state index contributed by atoms with van der Waals surface area (Å²) in [4.78, 5) is 36.3. The Morgan fingerprint density at radius 2 is 1.72 bits per heavy atom. The van der Waals surface area contributed by atoms with E-state index in [2.05, 4.69) is 17.6 Å². The van der Waals surface area contributed by atoms with Gasteiger partial charge in [-0.15, -0.1) is 0 Å². The third-order valence-electron chi connectivity index (χ3n) is 5.93. The number of hydrogen-bond donors (Lipinski definition) is 3. The van der Waals surface area contributed by atoms with Gasteiger partial charge in [-0.2, -0.15) is 0 Å². The van der Waals surface area contributed by atoms with Gasteiger partial charge in [-0.25, -0.2) is 4.79 Å². The van der Waals surface area contributed by atoms with Crippen LogP contribution in [0.1, 0.15) is 78.1 Å². The number of carboxylic acid groups (broad SMARTS) is 1. The summed E-state index contributed by atoms with van der Waals surface area (Å²) in [5.74, 6) is -0.599. The molecular weight excluding hydrogens is 320 g/mol. The lowest BCUT2D eigenvalue weighted by Gasteiger charge is -2.37. The van der Waals surface area contributed by atoms with E-state index in [0.717, 1.165) is 44.9 Å². The van der Waals surface area contributed by atoms with E-state index in [1.54, 1.807) is 6.92 Å². The average Bonchev–Trinajstić information content (AvgIpc) is 3.09. The first kappa shape index (κ1) is 19.7. The van der Waals surface area contributed by atoms with Gasteiger partial charge in [0, 0.05) is 18.4 Å². The minimum absolute atomic E-state index is 0.0224. The first-order chi connectivity index (χ1) is 11.9. The number of amides is 2. The standard InChI is InChI=1S/C19H32N2O4/c1-3-14-8-10-19(11-9-14,18(24)25)21-16(22)12-13(2)20-17(23)15-6-4-5-7-15/h13-15H,3-12H2,1-2H3,(H,20,23)(H,21,22)(H,24,25). The third kappa shape index (κ3) is 5.19. The zero-order chi connectivity index (χ0) is 18.4. The maximum atomic E-state index is 12.4. The molecule has 0 bridgehead atoms. The monoisotopic (exact) mass is 352 g/mol. The smallest absolute Gasteiger partial charge is 0.329 e. The molecular formula is C19H32N2O4.